The maximum atomic E-state index is 3.68. The molecule has 0 spiro atoms. The lowest BCUT2D eigenvalue weighted by Gasteiger charge is -2.34. The van der Waals surface area contributed by atoms with Gasteiger partial charge in [0.05, 0.1) is 28.8 Å². The summed E-state index contributed by atoms with van der Waals surface area (Å²) in [5, 5.41) is 0. The third kappa shape index (κ3) is 5.82. The summed E-state index contributed by atoms with van der Waals surface area (Å²) in [6, 6.07) is 24.0. The molecule has 3 aromatic carbocycles. The lowest BCUT2D eigenvalue weighted by atomic mass is 9.94. The third-order valence-electron chi connectivity index (χ3n) is 9.13. The van der Waals surface area contributed by atoms with E-state index in [-0.39, 0.29) is 6.04 Å². The second-order valence-electron chi connectivity index (χ2n) is 12.3. The van der Waals surface area contributed by atoms with E-state index in [0.29, 0.717) is 0 Å². The topological polar surface area (TPSA) is 6.48 Å². The van der Waals surface area contributed by atoms with Crippen LogP contribution in [0.2, 0.25) is 0 Å². The summed E-state index contributed by atoms with van der Waals surface area (Å²) >= 11 is 0. The zero-order valence-electron chi connectivity index (χ0n) is 27.6. The second kappa shape index (κ2) is 13.0. The van der Waals surface area contributed by atoms with Crippen molar-refractivity contribution in [3.8, 4) is 11.1 Å². The van der Waals surface area contributed by atoms with Crippen molar-refractivity contribution in [1.29, 1.82) is 0 Å². The molecule has 8 rings (SSSR count). The van der Waals surface area contributed by atoms with Crippen molar-refractivity contribution in [2.45, 2.75) is 19.9 Å². The van der Waals surface area contributed by atoms with Gasteiger partial charge < -0.3 is 9.80 Å². The van der Waals surface area contributed by atoms with Crippen LogP contribution in [0, 0.1) is 0 Å². The van der Waals surface area contributed by atoms with E-state index >= 15 is 0 Å². The number of anilines is 2. The maximum Gasteiger partial charge on any atom is 0.0894 e. The van der Waals surface area contributed by atoms with E-state index in [2.05, 4.69) is 180 Å². The Hall–Kier alpha value is -6.48. The van der Waals surface area contributed by atoms with Gasteiger partial charge in [0.1, 0.15) is 0 Å². The molecule has 4 bridgehead atoms. The van der Waals surface area contributed by atoms with E-state index < -0.39 is 0 Å². The number of allylic oxidation sites excluding steroid dienone is 15. The Morgan fingerprint density at radius 1 is 0.653 bits per heavy atom. The number of nitrogens with zero attached hydrogens (tertiary/aromatic N) is 2. The van der Waals surface area contributed by atoms with Crippen molar-refractivity contribution in [2.24, 2.45) is 0 Å². The Bertz CT molecular complexity index is 2380. The average Bonchev–Trinajstić information content (AvgIpc) is 3.46. The first-order chi connectivity index (χ1) is 24.1. The van der Waals surface area contributed by atoms with Crippen LogP contribution in [0.5, 0.6) is 0 Å². The van der Waals surface area contributed by atoms with Crippen molar-refractivity contribution < 1.29 is 0 Å². The number of hydrogen-bond acceptors (Lipinski definition) is 2. The van der Waals surface area contributed by atoms with Gasteiger partial charge in [0, 0.05) is 33.5 Å². The van der Waals surface area contributed by atoms with Crippen molar-refractivity contribution in [1.82, 2.24) is 0 Å². The molecular formula is C47H34N2. The minimum absolute atomic E-state index is 0.0729. The molecule has 3 aliphatic carbocycles. The van der Waals surface area contributed by atoms with Gasteiger partial charge in [-0.05, 0) is 103 Å². The molecule has 0 saturated heterocycles. The van der Waals surface area contributed by atoms with E-state index in [4.69, 9.17) is 0 Å². The highest BCUT2D eigenvalue weighted by Gasteiger charge is 2.26. The fraction of sp³-hybridized carbons (Fsp3) is 0.0638. The Balaban J connectivity index is 1.12. The number of fused-ring (bicyclic) bond motifs is 4. The van der Waals surface area contributed by atoms with Gasteiger partial charge in [-0.3, -0.25) is 0 Å². The Kier molecular flexibility index (Phi) is 7.91. The fourth-order valence-corrected chi connectivity index (χ4v) is 6.75. The highest BCUT2D eigenvalue weighted by molar-refractivity contribution is 5.92. The van der Waals surface area contributed by atoms with Crippen LogP contribution in [-0.2, 0) is 0 Å². The highest BCUT2D eigenvalue weighted by atomic mass is 15.2. The molecule has 2 heterocycles. The lowest BCUT2D eigenvalue weighted by molar-refractivity contribution is 0.831. The predicted molar refractivity (Wildman–Crippen MR) is 206 cm³/mol. The summed E-state index contributed by atoms with van der Waals surface area (Å²) in [5.41, 5.74) is 28.5. The van der Waals surface area contributed by atoms with Crippen LogP contribution in [0.4, 0.5) is 11.4 Å². The van der Waals surface area contributed by atoms with Crippen LogP contribution >= 0.6 is 0 Å². The standard InChI is InChI=1S/C47H34N2/c1-34(48-42-24-13-11-22-40(30-42)44-32-38(26-28-46(44)48)36-18-7-4-3-5-8-19-36)16-15-17-35(2)49-43-25-14-12-23-41(31-43)45-33-39(27-29-47(45)49)37-20-9-6-10-21-37/h3-7,9-17,19-29,32-34H,1-2H3/b4-3-,16-15-,35-17+. The first kappa shape index (κ1) is 29.9. The summed E-state index contributed by atoms with van der Waals surface area (Å²) in [7, 11) is 0. The first-order valence-corrected chi connectivity index (χ1v) is 16.7. The van der Waals surface area contributed by atoms with Crippen LogP contribution in [0.25, 0.3) is 27.8 Å². The molecule has 1 unspecified atom stereocenters. The van der Waals surface area contributed by atoms with Crippen LogP contribution < -0.4 is 9.80 Å². The summed E-state index contributed by atoms with van der Waals surface area (Å²) in [5.74, 6) is 0. The van der Waals surface area contributed by atoms with Crippen LogP contribution in [0.3, 0.4) is 0 Å². The quantitative estimate of drug-likeness (QED) is 0.198. The molecule has 0 saturated carbocycles. The van der Waals surface area contributed by atoms with Gasteiger partial charge in [-0.25, -0.2) is 0 Å². The first-order valence-electron chi connectivity index (χ1n) is 16.7. The van der Waals surface area contributed by atoms with Crippen molar-refractivity contribution in [3.05, 3.63) is 221 Å². The predicted octanol–water partition coefficient (Wildman–Crippen LogP) is 11.3. The van der Waals surface area contributed by atoms with Gasteiger partial charge in [-0.2, -0.15) is 0 Å². The average molecular weight is 627 g/mol. The second-order valence-corrected chi connectivity index (χ2v) is 12.3. The minimum Gasteiger partial charge on any atom is -0.328 e. The minimum atomic E-state index is 0.0729. The van der Waals surface area contributed by atoms with Crippen molar-refractivity contribution >= 4 is 28.1 Å². The monoisotopic (exact) mass is 626 g/mol. The van der Waals surface area contributed by atoms with Gasteiger partial charge in [0.15, 0.2) is 0 Å². The number of hydrogen-bond donors (Lipinski definition) is 0. The Morgan fingerprint density at radius 3 is 2.16 bits per heavy atom. The van der Waals surface area contributed by atoms with Gasteiger partial charge in [0.25, 0.3) is 0 Å². The Morgan fingerprint density at radius 2 is 1.33 bits per heavy atom. The normalized spacial score (nSPS) is 18.0. The molecule has 3 aromatic rings. The molecule has 232 valence electrons. The van der Waals surface area contributed by atoms with Crippen LogP contribution in [-0.4, -0.2) is 6.04 Å². The molecule has 1 atom stereocenters. The molecule has 0 N–H and O–H groups in total. The van der Waals surface area contributed by atoms with Gasteiger partial charge in [0.2, 0.25) is 0 Å². The zero-order valence-corrected chi connectivity index (χ0v) is 27.6. The van der Waals surface area contributed by atoms with Crippen LogP contribution in [0.15, 0.2) is 204 Å². The summed E-state index contributed by atoms with van der Waals surface area (Å²) in [4.78, 5) is 4.67. The molecule has 0 radical (unpaired) electrons. The summed E-state index contributed by atoms with van der Waals surface area (Å²) < 4.78 is 0. The smallest absolute Gasteiger partial charge is 0.0894 e. The van der Waals surface area contributed by atoms with E-state index in [9.17, 15) is 0 Å². The van der Waals surface area contributed by atoms with Crippen molar-refractivity contribution in [3.63, 3.8) is 0 Å². The molecular weight excluding hydrogens is 593 g/mol. The molecule has 0 fully saturated rings. The van der Waals surface area contributed by atoms with Gasteiger partial charge >= 0.3 is 0 Å². The van der Waals surface area contributed by atoms with Crippen molar-refractivity contribution in [2.75, 3.05) is 9.80 Å². The Labute approximate surface area is 288 Å². The van der Waals surface area contributed by atoms with E-state index in [1.807, 2.05) is 30.4 Å². The molecule has 0 aromatic heterocycles. The van der Waals surface area contributed by atoms with Gasteiger partial charge in [-0.1, -0.05) is 103 Å². The summed E-state index contributed by atoms with van der Waals surface area (Å²) in [6.45, 7) is 4.41. The molecule has 5 aliphatic rings. The van der Waals surface area contributed by atoms with Gasteiger partial charge in [-0.15, -0.1) is 11.5 Å². The molecule has 2 aliphatic heterocycles. The SMILES string of the molecule is C/C(=C\C=C/C(C)N1C2=C=C(C=CC=C2)c2cc(C3=C=C/C=C\C=C=C3)ccc21)N1C2=C=C(C=CC=C2)c2cc(-c3ccccc3)ccc21. The molecule has 0 amide bonds. The maximum absolute atomic E-state index is 3.68. The zero-order chi connectivity index (χ0) is 33.2. The summed E-state index contributed by atoms with van der Waals surface area (Å²) in [6.07, 6.45) is 33.4. The lowest BCUT2D eigenvalue weighted by Crippen LogP contribution is -2.32. The molecule has 2 heteroatoms. The molecule has 49 heavy (non-hydrogen) atoms. The van der Waals surface area contributed by atoms with E-state index in [1.54, 1.807) is 0 Å². The fourth-order valence-electron chi connectivity index (χ4n) is 6.75. The third-order valence-corrected chi connectivity index (χ3v) is 9.13. The highest BCUT2D eigenvalue weighted by Crippen LogP contribution is 2.41. The molecule has 2 nitrogen and oxygen atoms in total. The van der Waals surface area contributed by atoms with E-state index in [0.717, 1.165) is 56.3 Å². The van der Waals surface area contributed by atoms with E-state index in [1.165, 1.54) is 16.7 Å². The largest absolute Gasteiger partial charge is 0.328 e. The number of benzene rings is 3. The van der Waals surface area contributed by atoms with Crippen LogP contribution in [0.1, 0.15) is 30.5 Å². The number of rotatable bonds is 6.